The lowest BCUT2D eigenvalue weighted by atomic mass is 9.90. The maximum Gasteiger partial charge on any atom is 0.225 e. The summed E-state index contributed by atoms with van der Waals surface area (Å²) >= 11 is 0. The van der Waals surface area contributed by atoms with Gasteiger partial charge in [-0.3, -0.25) is 14.4 Å². The monoisotopic (exact) mass is 268 g/mol. The number of hydrogen-bond acceptors (Lipinski definition) is 3. The van der Waals surface area contributed by atoms with Gasteiger partial charge in [0.1, 0.15) is 0 Å². The van der Waals surface area contributed by atoms with Crippen molar-refractivity contribution in [3.8, 4) is 0 Å². The topological polar surface area (TPSA) is 66.5 Å². The Bertz CT molecular complexity index is 371. The first-order valence-electron chi connectivity index (χ1n) is 6.78. The lowest BCUT2D eigenvalue weighted by Crippen LogP contribution is -2.46. The van der Waals surface area contributed by atoms with Gasteiger partial charge in [-0.1, -0.05) is 20.8 Å². The Morgan fingerprint density at radius 1 is 1.26 bits per heavy atom. The van der Waals surface area contributed by atoms with Crippen molar-refractivity contribution in [2.75, 3.05) is 19.6 Å². The first-order chi connectivity index (χ1) is 8.71. The van der Waals surface area contributed by atoms with Crippen molar-refractivity contribution >= 4 is 17.6 Å². The van der Waals surface area contributed by atoms with E-state index in [2.05, 4.69) is 5.32 Å². The number of ketones is 1. The van der Waals surface area contributed by atoms with Crippen molar-refractivity contribution in [1.82, 2.24) is 10.2 Å². The van der Waals surface area contributed by atoms with E-state index >= 15 is 0 Å². The highest BCUT2D eigenvalue weighted by Crippen LogP contribution is 2.17. The molecule has 0 bridgehead atoms. The number of nitrogens with zero attached hydrogens (tertiary/aromatic N) is 1. The Kier molecular flexibility index (Phi) is 5.09. The molecule has 0 aliphatic carbocycles. The summed E-state index contributed by atoms with van der Waals surface area (Å²) in [5, 5.41) is 2.69. The minimum Gasteiger partial charge on any atom is -0.349 e. The van der Waals surface area contributed by atoms with Crippen molar-refractivity contribution in [2.45, 2.75) is 40.5 Å². The van der Waals surface area contributed by atoms with Gasteiger partial charge in [0.15, 0.2) is 5.78 Å². The first-order valence-corrected chi connectivity index (χ1v) is 6.78. The molecule has 19 heavy (non-hydrogen) atoms. The highest BCUT2D eigenvalue weighted by atomic mass is 16.2. The fraction of sp³-hybridized carbons (Fsp3) is 0.786. The van der Waals surface area contributed by atoms with Gasteiger partial charge in [-0.15, -0.1) is 0 Å². The Morgan fingerprint density at radius 3 is 2.42 bits per heavy atom. The average Bonchev–Trinajstić information content (AvgIpc) is 2.34. The fourth-order valence-corrected chi connectivity index (χ4v) is 2.05. The number of nitrogens with one attached hydrogen (secondary N) is 1. The van der Waals surface area contributed by atoms with Crippen LogP contribution in [0.15, 0.2) is 0 Å². The smallest absolute Gasteiger partial charge is 0.225 e. The summed E-state index contributed by atoms with van der Waals surface area (Å²) in [6.45, 7) is 8.27. The van der Waals surface area contributed by atoms with E-state index in [0.29, 0.717) is 6.54 Å². The fourth-order valence-electron chi connectivity index (χ4n) is 2.05. The van der Waals surface area contributed by atoms with E-state index in [1.165, 1.54) is 6.92 Å². The second kappa shape index (κ2) is 6.17. The summed E-state index contributed by atoms with van der Waals surface area (Å²) in [6, 6.07) is 0. The summed E-state index contributed by atoms with van der Waals surface area (Å²) in [5.74, 6) is -0.294. The van der Waals surface area contributed by atoms with E-state index in [1.807, 2.05) is 20.8 Å². The van der Waals surface area contributed by atoms with Crippen LogP contribution in [0.1, 0.15) is 40.5 Å². The zero-order valence-corrected chi connectivity index (χ0v) is 12.3. The van der Waals surface area contributed by atoms with E-state index in [1.54, 1.807) is 4.90 Å². The van der Waals surface area contributed by atoms with Gasteiger partial charge in [-0.2, -0.15) is 0 Å². The van der Waals surface area contributed by atoms with Gasteiger partial charge in [-0.25, -0.2) is 0 Å². The van der Waals surface area contributed by atoms with Crippen molar-refractivity contribution in [3.05, 3.63) is 0 Å². The Balaban J connectivity index is 2.45. The third-order valence-electron chi connectivity index (χ3n) is 3.50. The van der Waals surface area contributed by atoms with Gasteiger partial charge >= 0.3 is 0 Å². The maximum atomic E-state index is 12.0. The van der Waals surface area contributed by atoms with E-state index in [9.17, 15) is 14.4 Å². The third kappa shape index (κ3) is 4.65. The molecule has 1 rings (SSSR count). The molecule has 0 saturated carbocycles. The molecular formula is C14H24N2O3. The number of rotatable bonds is 3. The minimum absolute atomic E-state index is 0.00303. The molecular weight excluding hydrogens is 244 g/mol. The van der Waals surface area contributed by atoms with Crippen LogP contribution >= 0.6 is 0 Å². The van der Waals surface area contributed by atoms with Crippen LogP contribution in [0.2, 0.25) is 0 Å². The van der Waals surface area contributed by atoms with Crippen LogP contribution in [0, 0.1) is 11.3 Å². The second-order valence-corrected chi connectivity index (χ2v) is 6.20. The van der Waals surface area contributed by atoms with Gasteiger partial charge in [0.05, 0.1) is 12.5 Å². The minimum atomic E-state index is -0.439. The number of piperidine rings is 1. The molecule has 0 aromatic rings. The molecule has 1 aliphatic rings. The molecule has 0 spiro atoms. The predicted octanol–water partition coefficient (Wildman–Crippen LogP) is 0.976. The molecule has 0 unspecified atom stereocenters. The van der Waals surface area contributed by atoms with Crippen LogP contribution in [0.4, 0.5) is 0 Å². The Labute approximate surface area is 114 Å². The number of likely N-dealkylation sites (tertiary alicyclic amines) is 1. The van der Waals surface area contributed by atoms with Gasteiger partial charge < -0.3 is 10.2 Å². The van der Waals surface area contributed by atoms with Gasteiger partial charge in [0, 0.05) is 25.4 Å². The number of carbonyl (C=O) groups is 3. The molecule has 1 N–H and O–H groups in total. The van der Waals surface area contributed by atoms with Crippen molar-refractivity contribution in [3.63, 3.8) is 0 Å². The van der Waals surface area contributed by atoms with E-state index in [4.69, 9.17) is 0 Å². The van der Waals surface area contributed by atoms with Gasteiger partial charge in [0.25, 0.3) is 0 Å². The molecule has 0 aromatic carbocycles. The van der Waals surface area contributed by atoms with Crippen LogP contribution in [-0.2, 0) is 14.4 Å². The highest BCUT2D eigenvalue weighted by Gasteiger charge is 2.28. The summed E-state index contributed by atoms with van der Waals surface area (Å²) < 4.78 is 0. The second-order valence-electron chi connectivity index (χ2n) is 6.20. The van der Waals surface area contributed by atoms with E-state index in [-0.39, 0.29) is 30.1 Å². The summed E-state index contributed by atoms with van der Waals surface area (Å²) in [6.07, 6.45) is 1.62. The Morgan fingerprint density at radius 2 is 1.89 bits per heavy atom. The molecule has 1 fully saturated rings. The van der Waals surface area contributed by atoms with Crippen LogP contribution in [0.5, 0.6) is 0 Å². The molecule has 1 aliphatic heterocycles. The molecule has 5 nitrogen and oxygen atoms in total. The molecule has 108 valence electrons. The molecule has 2 amide bonds. The van der Waals surface area contributed by atoms with Gasteiger partial charge in [0.2, 0.25) is 11.8 Å². The zero-order valence-electron chi connectivity index (χ0n) is 12.3. The summed E-state index contributed by atoms with van der Waals surface area (Å²) in [5.41, 5.74) is -0.439. The van der Waals surface area contributed by atoms with Crippen LogP contribution in [0.3, 0.4) is 0 Å². The molecule has 0 radical (unpaired) electrons. The first kappa shape index (κ1) is 15.7. The molecule has 1 saturated heterocycles. The standard InChI is InChI=1S/C14H24N2O3/c1-10(17)16-7-5-6-11(9-16)13(19)15-8-12(18)14(2,3)4/h11H,5-9H2,1-4H3,(H,15,19)/t11-/m0/s1. The third-order valence-corrected chi connectivity index (χ3v) is 3.50. The molecule has 1 heterocycles. The van der Waals surface area contributed by atoms with Crippen LogP contribution in [-0.4, -0.2) is 42.1 Å². The largest absolute Gasteiger partial charge is 0.349 e. The summed E-state index contributed by atoms with van der Waals surface area (Å²) in [7, 11) is 0. The number of amides is 2. The van der Waals surface area contributed by atoms with Crippen molar-refractivity contribution < 1.29 is 14.4 Å². The number of Topliss-reactive ketones (excluding diaryl/α,β-unsaturated/α-hetero) is 1. The zero-order chi connectivity index (χ0) is 14.6. The van der Waals surface area contributed by atoms with E-state index in [0.717, 1.165) is 19.4 Å². The molecule has 5 heteroatoms. The Hall–Kier alpha value is -1.39. The maximum absolute atomic E-state index is 12.0. The average molecular weight is 268 g/mol. The van der Waals surface area contributed by atoms with Crippen LogP contribution < -0.4 is 5.32 Å². The highest BCUT2D eigenvalue weighted by molar-refractivity contribution is 5.90. The normalized spacial score (nSPS) is 20.0. The number of hydrogen-bond donors (Lipinski definition) is 1. The SMILES string of the molecule is CC(=O)N1CCC[C@H](C(=O)NCC(=O)C(C)(C)C)C1. The quantitative estimate of drug-likeness (QED) is 0.829. The molecule has 0 aromatic heterocycles. The lowest BCUT2D eigenvalue weighted by Gasteiger charge is -2.31. The van der Waals surface area contributed by atoms with Gasteiger partial charge in [-0.05, 0) is 12.8 Å². The van der Waals surface area contributed by atoms with Crippen molar-refractivity contribution in [1.29, 1.82) is 0 Å². The van der Waals surface area contributed by atoms with Crippen LogP contribution in [0.25, 0.3) is 0 Å². The summed E-state index contributed by atoms with van der Waals surface area (Å²) in [4.78, 5) is 36.7. The molecule has 1 atom stereocenters. The predicted molar refractivity (Wildman–Crippen MR) is 72.4 cm³/mol. The lowest BCUT2D eigenvalue weighted by molar-refractivity contribution is -0.135. The number of carbonyl (C=O) groups excluding carboxylic acids is 3. The van der Waals surface area contributed by atoms with E-state index < -0.39 is 5.41 Å². The van der Waals surface area contributed by atoms with Crippen molar-refractivity contribution in [2.24, 2.45) is 11.3 Å².